The predicted octanol–water partition coefficient (Wildman–Crippen LogP) is 4.53. The lowest BCUT2D eigenvalue weighted by Crippen LogP contribution is -2.14. The van der Waals surface area contributed by atoms with E-state index in [2.05, 4.69) is 15.5 Å². The third-order valence-electron chi connectivity index (χ3n) is 4.91. The number of hydrogen-bond donors (Lipinski definition) is 1. The minimum Gasteiger partial charge on any atom is -0.497 e. The van der Waals surface area contributed by atoms with Crippen LogP contribution in [0.25, 0.3) is 11.4 Å². The number of carbonyl (C=O) groups excluding carboxylic acids is 1. The second kappa shape index (κ2) is 9.78. The number of rotatable bonds is 8. The lowest BCUT2D eigenvalue weighted by atomic mass is 10.1. The van der Waals surface area contributed by atoms with Crippen LogP contribution >= 0.6 is 0 Å². The zero-order valence-corrected chi connectivity index (χ0v) is 17.9. The Hall–Kier alpha value is -4.13. The van der Waals surface area contributed by atoms with Crippen LogP contribution in [0, 0.1) is 0 Å². The van der Waals surface area contributed by atoms with Crippen LogP contribution < -0.4 is 14.8 Å². The summed E-state index contributed by atoms with van der Waals surface area (Å²) in [6.07, 6.45) is 0.789. The fraction of sp³-hybridized carbons (Fsp3) is 0.160. The van der Waals surface area contributed by atoms with Crippen LogP contribution in [0.4, 0.5) is 5.69 Å². The van der Waals surface area contributed by atoms with Crippen molar-refractivity contribution in [1.82, 2.24) is 10.1 Å². The Bertz CT molecular complexity index is 1180. The number of ether oxygens (including phenoxy) is 2. The molecule has 0 atom stereocenters. The molecule has 0 aliphatic heterocycles. The predicted molar refractivity (Wildman–Crippen MR) is 121 cm³/mol. The van der Waals surface area contributed by atoms with Crippen molar-refractivity contribution >= 4 is 11.6 Å². The van der Waals surface area contributed by atoms with Crippen molar-refractivity contribution in [2.75, 3.05) is 19.5 Å². The van der Waals surface area contributed by atoms with Crippen molar-refractivity contribution in [3.8, 4) is 22.9 Å². The minimum absolute atomic E-state index is 0.111. The molecule has 7 nitrogen and oxygen atoms in total. The molecule has 0 radical (unpaired) electrons. The van der Waals surface area contributed by atoms with Gasteiger partial charge in [0.15, 0.2) is 0 Å². The van der Waals surface area contributed by atoms with Crippen molar-refractivity contribution in [2.45, 2.75) is 12.8 Å². The van der Waals surface area contributed by atoms with Gasteiger partial charge in [-0.2, -0.15) is 4.98 Å². The number of methoxy groups -OCH3 is 2. The summed E-state index contributed by atoms with van der Waals surface area (Å²) in [5, 5.41) is 7.00. The highest BCUT2D eigenvalue weighted by molar-refractivity contribution is 5.92. The molecule has 1 amide bonds. The summed E-state index contributed by atoms with van der Waals surface area (Å²) in [5.41, 5.74) is 3.38. The molecule has 4 aromatic rings. The van der Waals surface area contributed by atoms with Crippen molar-refractivity contribution < 1.29 is 18.8 Å². The van der Waals surface area contributed by atoms with Crippen LogP contribution in [0.5, 0.6) is 11.5 Å². The summed E-state index contributed by atoms with van der Waals surface area (Å²) < 4.78 is 15.7. The Morgan fingerprint density at radius 3 is 2.22 bits per heavy atom. The monoisotopic (exact) mass is 429 g/mol. The standard InChI is InChI=1S/C25H23N3O4/c1-30-21-10-6-17(7-11-21)14-23(29)26-20-5-3-4-19(16-20)25-27-24(32-28-25)15-18-8-12-22(31-2)13-9-18/h3-13,16H,14-15H2,1-2H3,(H,26,29). The number of nitrogens with one attached hydrogen (secondary N) is 1. The first-order chi connectivity index (χ1) is 15.6. The molecule has 7 heteroatoms. The average molecular weight is 429 g/mol. The summed E-state index contributed by atoms with van der Waals surface area (Å²) in [6, 6.07) is 22.5. The summed E-state index contributed by atoms with van der Waals surface area (Å²) in [5.74, 6) is 2.43. The van der Waals surface area contributed by atoms with Gasteiger partial charge in [0.2, 0.25) is 17.6 Å². The molecule has 4 rings (SSSR count). The molecule has 1 heterocycles. The second-order valence-electron chi connectivity index (χ2n) is 7.19. The maximum absolute atomic E-state index is 12.4. The van der Waals surface area contributed by atoms with Crippen LogP contribution in [-0.2, 0) is 17.6 Å². The fourth-order valence-corrected chi connectivity index (χ4v) is 3.23. The van der Waals surface area contributed by atoms with Gasteiger partial charge in [-0.1, -0.05) is 41.6 Å². The molecule has 1 N–H and O–H groups in total. The normalized spacial score (nSPS) is 10.6. The molecule has 0 saturated heterocycles. The zero-order chi connectivity index (χ0) is 22.3. The smallest absolute Gasteiger partial charge is 0.231 e. The highest BCUT2D eigenvalue weighted by Gasteiger charge is 2.11. The van der Waals surface area contributed by atoms with E-state index in [1.54, 1.807) is 14.2 Å². The summed E-state index contributed by atoms with van der Waals surface area (Å²) in [6.45, 7) is 0. The zero-order valence-electron chi connectivity index (χ0n) is 17.9. The topological polar surface area (TPSA) is 86.5 Å². The van der Waals surface area contributed by atoms with Crippen molar-refractivity contribution in [3.63, 3.8) is 0 Å². The van der Waals surface area contributed by atoms with E-state index in [0.717, 1.165) is 28.2 Å². The Morgan fingerprint density at radius 1 is 0.906 bits per heavy atom. The summed E-state index contributed by atoms with van der Waals surface area (Å²) in [4.78, 5) is 16.9. The van der Waals surface area contributed by atoms with Crippen LogP contribution in [0.15, 0.2) is 77.3 Å². The van der Waals surface area contributed by atoms with Gasteiger partial charge >= 0.3 is 0 Å². The molecule has 162 valence electrons. The lowest BCUT2D eigenvalue weighted by molar-refractivity contribution is -0.115. The Balaban J connectivity index is 1.40. The number of nitrogens with zero attached hydrogens (tertiary/aromatic N) is 2. The average Bonchev–Trinajstić information content (AvgIpc) is 3.29. The van der Waals surface area contributed by atoms with Crippen LogP contribution in [0.3, 0.4) is 0 Å². The minimum atomic E-state index is -0.111. The van der Waals surface area contributed by atoms with Gasteiger partial charge in [-0.3, -0.25) is 4.79 Å². The molecule has 0 unspecified atom stereocenters. The first-order valence-electron chi connectivity index (χ1n) is 10.1. The van der Waals surface area contributed by atoms with Gasteiger partial charge in [-0.15, -0.1) is 0 Å². The lowest BCUT2D eigenvalue weighted by Gasteiger charge is -2.07. The molecule has 0 aliphatic carbocycles. The quantitative estimate of drug-likeness (QED) is 0.443. The van der Waals surface area contributed by atoms with Gasteiger partial charge in [0.1, 0.15) is 11.5 Å². The van der Waals surface area contributed by atoms with E-state index in [1.165, 1.54) is 0 Å². The van der Waals surface area contributed by atoms with Gasteiger partial charge in [0.25, 0.3) is 0 Å². The fourth-order valence-electron chi connectivity index (χ4n) is 3.23. The SMILES string of the molecule is COc1ccc(CC(=O)Nc2cccc(-c3noc(Cc4ccc(OC)cc4)n3)c2)cc1. The molecular weight excluding hydrogens is 406 g/mol. The first-order valence-corrected chi connectivity index (χ1v) is 10.1. The van der Waals surface area contributed by atoms with Gasteiger partial charge in [-0.25, -0.2) is 0 Å². The molecule has 32 heavy (non-hydrogen) atoms. The van der Waals surface area contributed by atoms with E-state index in [1.807, 2.05) is 72.8 Å². The molecule has 0 saturated carbocycles. The number of amides is 1. The maximum atomic E-state index is 12.4. The van der Waals surface area contributed by atoms with Gasteiger partial charge in [-0.05, 0) is 47.5 Å². The Morgan fingerprint density at radius 2 is 1.56 bits per heavy atom. The van der Waals surface area contributed by atoms with E-state index < -0.39 is 0 Å². The molecule has 0 aliphatic rings. The second-order valence-corrected chi connectivity index (χ2v) is 7.19. The number of anilines is 1. The number of benzene rings is 3. The first kappa shape index (κ1) is 21.1. The summed E-state index contributed by atoms with van der Waals surface area (Å²) in [7, 11) is 3.25. The molecule has 0 fully saturated rings. The number of aromatic nitrogens is 2. The van der Waals surface area contributed by atoms with E-state index >= 15 is 0 Å². The van der Waals surface area contributed by atoms with Gasteiger partial charge in [0.05, 0.1) is 27.1 Å². The van der Waals surface area contributed by atoms with Crippen LogP contribution in [0.1, 0.15) is 17.0 Å². The van der Waals surface area contributed by atoms with E-state index in [4.69, 9.17) is 14.0 Å². The molecule has 0 bridgehead atoms. The van der Waals surface area contributed by atoms with Crippen LogP contribution in [0.2, 0.25) is 0 Å². The molecular formula is C25H23N3O4. The van der Waals surface area contributed by atoms with E-state index in [-0.39, 0.29) is 12.3 Å². The number of hydrogen-bond acceptors (Lipinski definition) is 6. The third kappa shape index (κ3) is 5.31. The van der Waals surface area contributed by atoms with Crippen molar-refractivity contribution in [1.29, 1.82) is 0 Å². The summed E-state index contributed by atoms with van der Waals surface area (Å²) >= 11 is 0. The molecule has 3 aromatic carbocycles. The van der Waals surface area contributed by atoms with Crippen molar-refractivity contribution in [2.24, 2.45) is 0 Å². The number of carbonyl (C=O) groups is 1. The maximum Gasteiger partial charge on any atom is 0.231 e. The van der Waals surface area contributed by atoms with Crippen molar-refractivity contribution in [3.05, 3.63) is 89.8 Å². The molecule has 1 aromatic heterocycles. The molecule has 0 spiro atoms. The van der Waals surface area contributed by atoms with E-state index in [0.29, 0.717) is 23.8 Å². The van der Waals surface area contributed by atoms with E-state index in [9.17, 15) is 4.79 Å². The Kier molecular flexibility index (Phi) is 6.46. The van der Waals surface area contributed by atoms with Crippen LogP contribution in [-0.4, -0.2) is 30.3 Å². The third-order valence-corrected chi connectivity index (χ3v) is 4.91. The highest BCUT2D eigenvalue weighted by Crippen LogP contribution is 2.22. The largest absolute Gasteiger partial charge is 0.497 e. The van der Waals surface area contributed by atoms with Gasteiger partial charge < -0.3 is 19.3 Å². The van der Waals surface area contributed by atoms with Gasteiger partial charge in [0, 0.05) is 11.3 Å². The highest BCUT2D eigenvalue weighted by atomic mass is 16.5. The Labute approximate surface area is 186 Å².